The summed E-state index contributed by atoms with van der Waals surface area (Å²) in [7, 11) is 0. The third-order valence-corrected chi connectivity index (χ3v) is 2.77. The first-order chi connectivity index (χ1) is 7.36. The summed E-state index contributed by atoms with van der Waals surface area (Å²) in [6.45, 7) is 0. The number of nitro groups is 1. The van der Waals surface area contributed by atoms with Gasteiger partial charge in [0.25, 0.3) is 6.43 Å². The highest BCUT2D eigenvalue weighted by molar-refractivity contribution is 14.1. The highest BCUT2D eigenvalue weighted by Crippen LogP contribution is 2.32. The SMILES string of the molecule is O=C(O)c1ncc(C(F)F)c(I)c1[N+](=O)[O-]. The quantitative estimate of drug-likeness (QED) is 0.516. The molecule has 0 fully saturated rings. The molecule has 0 aliphatic heterocycles. The summed E-state index contributed by atoms with van der Waals surface area (Å²) in [6, 6.07) is 0. The van der Waals surface area contributed by atoms with E-state index in [1.807, 2.05) is 0 Å². The predicted octanol–water partition coefficient (Wildman–Crippen LogP) is 2.23. The fourth-order valence-corrected chi connectivity index (χ4v) is 1.79. The molecular weight excluding hydrogens is 341 g/mol. The van der Waals surface area contributed by atoms with Gasteiger partial charge < -0.3 is 5.11 Å². The van der Waals surface area contributed by atoms with Crippen LogP contribution < -0.4 is 0 Å². The van der Waals surface area contributed by atoms with Gasteiger partial charge in [-0.25, -0.2) is 18.6 Å². The highest BCUT2D eigenvalue weighted by atomic mass is 127. The Labute approximate surface area is 101 Å². The Morgan fingerprint density at radius 3 is 2.56 bits per heavy atom. The van der Waals surface area contributed by atoms with Crippen LogP contribution in [0.2, 0.25) is 0 Å². The summed E-state index contributed by atoms with van der Waals surface area (Å²) in [5, 5.41) is 19.2. The van der Waals surface area contributed by atoms with Gasteiger partial charge in [-0.15, -0.1) is 0 Å². The van der Waals surface area contributed by atoms with Crippen LogP contribution in [0.5, 0.6) is 0 Å². The lowest BCUT2D eigenvalue weighted by atomic mass is 10.2. The maximum atomic E-state index is 12.4. The number of pyridine rings is 1. The van der Waals surface area contributed by atoms with E-state index in [4.69, 9.17) is 5.11 Å². The van der Waals surface area contributed by atoms with Gasteiger partial charge >= 0.3 is 11.7 Å². The Morgan fingerprint density at radius 1 is 1.62 bits per heavy atom. The van der Waals surface area contributed by atoms with Crippen LogP contribution in [0.25, 0.3) is 0 Å². The van der Waals surface area contributed by atoms with Gasteiger partial charge in [-0.05, 0) is 22.6 Å². The number of halogens is 3. The van der Waals surface area contributed by atoms with E-state index in [1.54, 1.807) is 0 Å². The van der Waals surface area contributed by atoms with Crippen LogP contribution in [0.4, 0.5) is 14.5 Å². The van der Waals surface area contributed by atoms with Crippen molar-refractivity contribution >= 4 is 34.2 Å². The third-order valence-electron chi connectivity index (χ3n) is 1.64. The van der Waals surface area contributed by atoms with E-state index in [1.165, 1.54) is 22.6 Å². The fourth-order valence-electron chi connectivity index (χ4n) is 0.968. The van der Waals surface area contributed by atoms with E-state index in [9.17, 15) is 23.7 Å². The minimum absolute atomic E-state index is 0.412. The number of aromatic nitrogens is 1. The highest BCUT2D eigenvalue weighted by Gasteiger charge is 2.29. The molecule has 0 unspecified atom stereocenters. The maximum absolute atomic E-state index is 12.4. The van der Waals surface area contributed by atoms with E-state index >= 15 is 0 Å². The predicted molar refractivity (Wildman–Crippen MR) is 55.5 cm³/mol. The molecule has 9 heteroatoms. The van der Waals surface area contributed by atoms with Gasteiger partial charge in [-0.3, -0.25) is 10.1 Å². The van der Waals surface area contributed by atoms with Gasteiger partial charge in [0, 0.05) is 6.20 Å². The monoisotopic (exact) mass is 344 g/mol. The Morgan fingerprint density at radius 2 is 2.19 bits per heavy atom. The minimum atomic E-state index is -2.94. The Bertz CT molecular complexity index is 466. The normalized spacial score (nSPS) is 10.5. The third kappa shape index (κ3) is 2.23. The van der Waals surface area contributed by atoms with E-state index in [0.717, 1.165) is 0 Å². The number of carboxylic acids is 1. The van der Waals surface area contributed by atoms with Gasteiger partial charge in [0.15, 0.2) is 0 Å². The average Bonchev–Trinajstić information content (AvgIpc) is 2.15. The molecule has 16 heavy (non-hydrogen) atoms. The molecule has 0 aromatic carbocycles. The number of carbonyl (C=O) groups is 1. The van der Waals surface area contributed by atoms with Crippen LogP contribution >= 0.6 is 22.6 Å². The molecule has 0 spiro atoms. The molecule has 0 aliphatic carbocycles. The van der Waals surface area contributed by atoms with E-state index in [2.05, 4.69) is 4.98 Å². The lowest BCUT2D eigenvalue weighted by molar-refractivity contribution is -0.386. The maximum Gasteiger partial charge on any atom is 0.361 e. The molecule has 86 valence electrons. The number of carboxylic acid groups (broad SMARTS) is 1. The summed E-state index contributed by atoms with van der Waals surface area (Å²) in [6.07, 6.45) is -2.32. The molecule has 0 saturated heterocycles. The van der Waals surface area contributed by atoms with Crippen LogP contribution in [0.15, 0.2) is 6.20 Å². The average molecular weight is 344 g/mol. The summed E-state index contributed by atoms with van der Waals surface area (Å²) < 4.78 is 24.4. The van der Waals surface area contributed by atoms with Crippen LogP contribution in [0.1, 0.15) is 22.5 Å². The van der Waals surface area contributed by atoms with Crippen molar-refractivity contribution in [3.63, 3.8) is 0 Å². The molecule has 1 N–H and O–H groups in total. The van der Waals surface area contributed by atoms with Crippen molar-refractivity contribution in [3.05, 3.63) is 31.1 Å². The summed E-state index contributed by atoms with van der Waals surface area (Å²) in [5.41, 5.74) is -2.41. The van der Waals surface area contributed by atoms with Crippen molar-refractivity contribution < 1.29 is 23.6 Å². The zero-order valence-corrected chi connectivity index (χ0v) is 9.51. The molecule has 1 aromatic heterocycles. The van der Waals surface area contributed by atoms with Crippen LogP contribution in [0, 0.1) is 13.7 Å². The van der Waals surface area contributed by atoms with Crippen LogP contribution in [-0.2, 0) is 0 Å². The number of hydrogen-bond donors (Lipinski definition) is 1. The summed E-state index contributed by atoms with van der Waals surface area (Å²) in [4.78, 5) is 23.3. The Kier molecular flexibility index (Phi) is 3.67. The molecule has 0 radical (unpaired) electrons. The minimum Gasteiger partial charge on any atom is -0.476 e. The van der Waals surface area contributed by atoms with Crippen LogP contribution in [0.3, 0.4) is 0 Å². The molecule has 0 atom stereocenters. The topological polar surface area (TPSA) is 93.3 Å². The number of hydrogen-bond acceptors (Lipinski definition) is 4. The summed E-state index contributed by atoms with van der Waals surface area (Å²) >= 11 is 1.31. The molecule has 1 heterocycles. The largest absolute Gasteiger partial charge is 0.476 e. The van der Waals surface area contributed by atoms with Crippen molar-refractivity contribution in [2.24, 2.45) is 0 Å². The van der Waals surface area contributed by atoms with Gasteiger partial charge in [0.2, 0.25) is 5.69 Å². The van der Waals surface area contributed by atoms with Gasteiger partial charge in [-0.2, -0.15) is 0 Å². The lowest BCUT2D eigenvalue weighted by Gasteiger charge is -2.04. The molecule has 1 rings (SSSR count). The molecule has 6 nitrogen and oxygen atoms in total. The molecule has 1 aromatic rings. The first kappa shape index (κ1) is 12.7. The number of nitrogens with zero attached hydrogens (tertiary/aromatic N) is 2. The second-order valence-corrected chi connectivity index (χ2v) is 3.67. The molecular formula is C7H3F2IN2O4. The molecule has 0 aliphatic rings. The Balaban J connectivity index is 3.54. The standard InChI is InChI=1S/C7H3F2IN2O4/c8-6(9)2-1-11-4(7(13)14)5(3(2)10)12(15)16/h1,6H,(H,13,14). The fraction of sp³-hybridized carbons (Fsp3) is 0.143. The zero-order valence-electron chi connectivity index (χ0n) is 7.35. The van der Waals surface area contributed by atoms with E-state index in [0.29, 0.717) is 6.20 Å². The van der Waals surface area contributed by atoms with Crippen molar-refractivity contribution in [1.82, 2.24) is 4.98 Å². The van der Waals surface area contributed by atoms with Crippen LogP contribution in [-0.4, -0.2) is 21.0 Å². The van der Waals surface area contributed by atoms with Gasteiger partial charge in [0.05, 0.1) is 10.5 Å². The zero-order chi connectivity index (χ0) is 12.5. The first-order valence-electron chi connectivity index (χ1n) is 3.70. The first-order valence-corrected chi connectivity index (χ1v) is 4.78. The molecule has 0 saturated carbocycles. The van der Waals surface area contributed by atoms with Crippen molar-refractivity contribution in [2.45, 2.75) is 6.43 Å². The Hall–Kier alpha value is -1.39. The number of rotatable bonds is 3. The van der Waals surface area contributed by atoms with Gasteiger partial charge in [0.1, 0.15) is 3.57 Å². The second-order valence-electron chi connectivity index (χ2n) is 2.59. The number of aromatic carboxylic acids is 1. The second kappa shape index (κ2) is 4.63. The summed E-state index contributed by atoms with van der Waals surface area (Å²) in [5.74, 6) is -1.63. The number of alkyl halides is 2. The molecule has 0 amide bonds. The van der Waals surface area contributed by atoms with Crippen molar-refractivity contribution in [1.29, 1.82) is 0 Å². The van der Waals surface area contributed by atoms with E-state index < -0.39 is 37.8 Å². The van der Waals surface area contributed by atoms with Crippen molar-refractivity contribution in [3.8, 4) is 0 Å². The smallest absolute Gasteiger partial charge is 0.361 e. The van der Waals surface area contributed by atoms with E-state index in [-0.39, 0.29) is 0 Å². The molecule has 0 bridgehead atoms. The van der Waals surface area contributed by atoms with Crippen molar-refractivity contribution in [2.75, 3.05) is 0 Å². The lowest BCUT2D eigenvalue weighted by Crippen LogP contribution is -2.09. The van der Waals surface area contributed by atoms with Gasteiger partial charge in [-0.1, -0.05) is 0 Å².